The van der Waals surface area contributed by atoms with E-state index >= 15 is 0 Å². The van der Waals surface area contributed by atoms with Gasteiger partial charge in [0.1, 0.15) is 6.54 Å². The normalized spacial score (nSPS) is 8.91. The Labute approximate surface area is 64.8 Å². The molecule has 0 aromatic carbocycles. The van der Waals surface area contributed by atoms with Crippen LogP contribution in [0.5, 0.6) is 0 Å². The van der Waals surface area contributed by atoms with Crippen molar-refractivity contribution in [2.75, 3.05) is 20.6 Å². The van der Waals surface area contributed by atoms with Gasteiger partial charge >= 0.3 is 5.97 Å². The summed E-state index contributed by atoms with van der Waals surface area (Å²) in [6.45, 7) is -0.0316. The predicted molar refractivity (Wildman–Crippen MR) is 39.7 cm³/mol. The molecule has 0 aliphatic heterocycles. The van der Waals surface area contributed by atoms with Crippen LogP contribution in [0.25, 0.3) is 0 Å². The predicted octanol–water partition coefficient (Wildman–Crippen LogP) is -1.51. The Bertz CT molecular complexity index is 159. The van der Waals surface area contributed by atoms with Crippen molar-refractivity contribution in [3.63, 3.8) is 0 Å². The summed E-state index contributed by atoms with van der Waals surface area (Å²) in [4.78, 5) is 16.3. The van der Waals surface area contributed by atoms with E-state index < -0.39 is 5.97 Å². The molecule has 0 fully saturated rings. The van der Waals surface area contributed by atoms with Gasteiger partial charge in [-0.05, 0) is 0 Å². The van der Waals surface area contributed by atoms with Crippen molar-refractivity contribution in [1.29, 1.82) is 5.41 Å². The van der Waals surface area contributed by atoms with E-state index in [1.807, 2.05) is 0 Å². The Kier molecular flexibility index (Phi) is 3.97. The minimum absolute atomic E-state index is 0.0316. The van der Waals surface area contributed by atoms with Crippen molar-refractivity contribution in [2.45, 2.75) is 0 Å². The van der Waals surface area contributed by atoms with Gasteiger partial charge in [-0.15, -0.1) is 0 Å². The molecular formula is C5H12N4O2. The summed E-state index contributed by atoms with van der Waals surface area (Å²) in [5, 5.41) is 6.90. The highest BCUT2D eigenvalue weighted by molar-refractivity contribution is 5.80. The van der Waals surface area contributed by atoms with Crippen LogP contribution in [0.1, 0.15) is 0 Å². The Morgan fingerprint density at radius 3 is 2.73 bits per heavy atom. The van der Waals surface area contributed by atoms with Crippen LogP contribution in [0, 0.1) is 5.41 Å². The van der Waals surface area contributed by atoms with Gasteiger partial charge in [0.2, 0.25) is 0 Å². The summed E-state index contributed by atoms with van der Waals surface area (Å²) in [6.07, 6.45) is 0. The van der Waals surface area contributed by atoms with Gasteiger partial charge < -0.3 is 15.5 Å². The fourth-order valence-electron chi connectivity index (χ4n) is 0.425. The first-order chi connectivity index (χ1) is 5.07. The summed E-state index contributed by atoms with van der Waals surface area (Å²) in [5.74, 6) is -0.650. The second kappa shape index (κ2) is 4.51. The van der Waals surface area contributed by atoms with Gasteiger partial charge in [-0.2, -0.15) is 5.48 Å². The fourth-order valence-corrected chi connectivity index (χ4v) is 0.425. The zero-order chi connectivity index (χ0) is 8.85. The van der Waals surface area contributed by atoms with E-state index in [4.69, 9.17) is 11.1 Å². The Balaban J connectivity index is 3.66. The van der Waals surface area contributed by atoms with Crippen molar-refractivity contribution in [3.8, 4) is 0 Å². The summed E-state index contributed by atoms with van der Waals surface area (Å²) in [7, 11) is 3.00. The zero-order valence-corrected chi connectivity index (χ0v) is 6.55. The molecule has 0 aromatic heterocycles. The fraction of sp³-hybridized carbons (Fsp3) is 0.600. The van der Waals surface area contributed by atoms with Crippen LogP contribution in [-0.2, 0) is 9.63 Å². The molecule has 0 rings (SSSR count). The molecule has 4 N–H and O–H groups in total. The lowest BCUT2D eigenvalue weighted by Gasteiger charge is -2.14. The van der Waals surface area contributed by atoms with Gasteiger partial charge in [0, 0.05) is 14.1 Å². The van der Waals surface area contributed by atoms with Crippen LogP contribution in [0.2, 0.25) is 0 Å². The van der Waals surface area contributed by atoms with Crippen molar-refractivity contribution < 1.29 is 9.63 Å². The largest absolute Gasteiger partial charge is 0.370 e. The monoisotopic (exact) mass is 160 g/mol. The van der Waals surface area contributed by atoms with E-state index in [1.165, 1.54) is 19.0 Å². The third kappa shape index (κ3) is 4.15. The Morgan fingerprint density at radius 2 is 2.36 bits per heavy atom. The van der Waals surface area contributed by atoms with Gasteiger partial charge in [0.25, 0.3) is 0 Å². The molecule has 6 nitrogen and oxygen atoms in total. The number of carbonyl (C=O) groups excluding carboxylic acids is 1. The highest BCUT2D eigenvalue weighted by Crippen LogP contribution is 1.80. The minimum atomic E-state index is -0.481. The van der Waals surface area contributed by atoms with Gasteiger partial charge in [-0.25, -0.2) is 4.79 Å². The molecule has 0 aliphatic carbocycles. The van der Waals surface area contributed by atoms with Crippen molar-refractivity contribution in [2.24, 2.45) is 5.73 Å². The lowest BCUT2D eigenvalue weighted by atomic mass is 10.6. The van der Waals surface area contributed by atoms with Gasteiger partial charge in [-0.1, -0.05) is 0 Å². The summed E-state index contributed by atoms with van der Waals surface area (Å²) < 4.78 is 0. The van der Waals surface area contributed by atoms with Crippen molar-refractivity contribution >= 4 is 11.9 Å². The van der Waals surface area contributed by atoms with Gasteiger partial charge in [-0.3, -0.25) is 5.41 Å². The number of hydrogen-bond acceptors (Lipinski definition) is 4. The second-order valence-electron chi connectivity index (χ2n) is 1.92. The molecular weight excluding hydrogens is 148 g/mol. The molecule has 0 atom stereocenters. The van der Waals surface area contributed by atoms with Crippen LogP contribution in [0.3, 0.4) is 0 Å². The number of hydrogen-bond donors (Lipinski definition) is 3. The van der Waals surface area contributed by atoms with Crippen molar-refractivity contribution in [1.82, 2.24) is 10.4 Å². The molecule has 64 valence electrons. The standard InChI is InChI=1S/C5H12N4O2/c1-8-11-4(10)3-9(2)5(6)7/h8H,3H2,1-2H3,(H3,6,7). The first-order valence-corrected chi connectivity index (χ1v) is 2.99. The first kappa shape index (κ1) is 9.70. The molecule has 0 heterocycles. The molecule has 0 bridgehead atoms. The second-order valence-corrected chi connectivity index (χ2v) is 1.92. The van der Waals surface area contributed by atoms with Gasteiger partial charge in [0.15, 0.2) is 5.96 Å². The lowest BCUT2D eigenvalue weighted by molar-refractivity contribution is -0.150. The molecule has 0 aromatic rings. The van der Waals surface area contributed by atoms with E-state index in [-0.39, 0.29) is 12.5 Å². The number of likely N-dealkylation sites (N-methyl/N-ethyl adjacent to an activating group) is 1. The Hall–Kier alpha value is -1.30. The average Bonchev–Trinajstić information content (AvgIpc) is 1.87. The van der Waals surface area contributed by atoms with Crippen LogP contribution < -0.4 is 11.2 Å². The van der Waals surface area contributed by atoms with E-state index in [0.717, 1.165) is 0 Å². The molecule has 11 heavy (non-hydrogen) atoms. The zero-order valence-electron chi connectivity index (χ0n) is 6.55. The van der Waals surface area contributed by atoms with Crippen LogP contribution in [-0.4, -0.2) is 37.5 Å². The number of nitrogens with two attached hydrogens (primary N) is 1. The quantitative estimate of drug-likeness (QED) is 0.265. The molecule has 0 amide bonds. The molecule has 0 radical (unpaired) electrons. The van der Waals surface area contributed by atoms with Gasteiger partial charge in [0.05, 0.1) is 0 Å². The maximum Gasteiger partial charge on any atom is 0.344 e. The van der Waals surface area contributed by atoms with Crippen LogP contribution in [0.4, 0.5) is 0 Å². The SMILES string of the molecule is CNOC(=O)CN(C)C(=N)N. The number of guanidine groups is 1. The van der Waals surface area contributed by atoms with E-state index in [1.54, 1.807) is 0 Å². The molecule has 0 saturated carbocycles. The minimum Gasteiger partial charge on any atom is -0.370 e. The number of nitrogens with one attached hydrogen (secondary N) is 2. The third-order valence-corrected chi connectivity index (χ3v) is 0.993. The highest BCUT2D eigenvalue weighted by Gasteiger charge is 2.07. The number of nitrogens with zero attached hydrogens (tertiary/aromatic N) is 1. The summed E-state index contributed by atoms with van der Waals surface area (Å²) >= 11 is 0. The topological polar surface area (TPSA) is 91.4 Å². The molecule has 0 saturated heterocycles. The van der Waals surface area contributed by atoms with Crippen molar-refractivity contribution in [3.05, 3.63) is 0 Å². The average molecular weight is 160 g/mol. The Morgan fingerprint density at radius 1 is 1.82 bits per heavy atom. The number of hydroxylamine groups is 1. The van der Waals surface area contributed by atoms with Crippen LogP contribution in [0.15, 0.2) is 0 Å². The van der Waals surface area contributed by atoms with E-state index in [9.17, 15) is 4.79 Å². The maximum atomic E-state index is 10.7. The van der Waals surface area contributed by atoms with Crippen LogP contribution >= 0.6 is 0 Å². The molecule has 6 heteroatoms. The molecule has 0 spiro atoms. The first-order valence-electron chi connectivity index (χ1n) is 2.99. The molecule has 0 unspecified atom stereocenters. The number of carbonyl (C=O) groups is 1. The summed E-state index contributed by atoms with van der Waals surface area (Å²) in [5.41, 5.74) is 7.29. The lowest BCUT2D eigenvalue weighted by Crippen LogP contribution is -2.38. The smallest absolute Gasteiger partial charge is 0.344 e. The number of rotatable bonds is 3. The molecule has 0 aliphatic rings. The third-order valence-electron chi connectivity index (χ3n) is 0.993. The summed E-state index contributed by atoms with van der Waals surface area (Å²) in [6, 6.07) is 0. The van der Waals surface area contributed by atoms with E-state index in [0.29, 0.717) is 0 Å². The highest BCUT2D eigenvalue weighted by atomic mass is 16.7. The van der Waals surface area contributed by atoms with E-state index in [2.05, 4.69) is 10.3 Å². The maximum absolute atomic E-state index is 10.7.